The normalized spacial score (nSPS) is 20.0. The van der Waals surface area contributed by atoms with Gasteiger partial charge in [0.25, 0.3) is 0 Å². The van der Waals surface area contributed by atoms with Crippen molar-refractivity contribution >= 4 is 5.91 Å². The number of rotatable bonds is 3. The van der Waals surface area contributed by atoms with Crippen molar-refractivity contribution in [2.75, 3.05) is 0 Å². The molecule has 0 heterocycles. The van der Waals surface area contributed by atoms with Crippen molar-refractivity contribution in [1.82, 2.24) is 5.43 Å². The van der Waals surface area contributed by atoms with Crippen molar-refractivity contribution in [2.24, 2.45) is 17.2 Å². The third kappa shape index (κ3) is 1.71. The summed E-state index contributed by atoms with van der Waals surface area (Å²) in [6, 6.07) is 0. The molecule has 0 aromatic carbocycles. The number of amides is 1. The minimum Gasteiger partial charge on any atom is -0.294 e. The first-order valence-electron chi connectivity index (χ1n) is 4.12. The quantitative estimate of drug-likeness (QED) is 0.361. The van der Waals surface area contributed by atoms with Crippen LogP contribution in [0.1, 0.15) is 33.1 Å². The highest BCUT2D eigenvalue weighted by Gasteiger charge is 2.49. The SMILES string of the molecule is CC(C)CC1(C(=O)NN)CC1. The molecule has 64 valence electrons. The van der Waals surface area contributed by atoms with Crippen LogP contribution in [-0.4, -0.2) is 5.91 Å². The average molecular weight is 156 g/mol. The zero-order valence-electron chi connectivity index (χ0n) is 7.18. The zero-order chi connectivity index (χ0) is 8.48. The van der Waals surface area contributed by atoms with E-state index < -0.39 is 0 Å². The Morgan fingerprint density at radius 2 is 2.18 bits per heavy atom. The van der Waals surface area contributed by atoms with Crippen LogP contribution in [0.2, 0.25) is 0 Å². The van der Waals surface area contributed by atoms with Crippen LogP contribution in [0.25, 0.3) is 0 Å². The summed E-state index contributed by atoms with van der Waals surface area (Å²) in [4.78, 5) is 11.2. The zero-order valence-corrected chi connectivity index (χ0v) is 7.18. The second-order valence-electron chi connectivity index (χ2n) is 3.85. The van der Waals surface area contributed by atoms with Crippen LogP contribution in [0, 0.1) is 11.3 Å². The Morgan fingerprint density at radius 3 is 2.45 bits per heavy atom. The lowest BCUT2D eigenvalue weighted by Gasteiger charge is -2.14. The molecule has 1 aliphatic carbocycles. The van der Waals surface area contributed by atoms with Crippen LogP contribution in [0.3, 0.4) is 0 Å². The minimum absolute atomic E-state index is 0.0196. The molecule has 0 radical (unpaired) electrons. The molecule has 1 fully saturated rings. The van der Waals surface area contributed by atoms with E-state index in [1.165, 1.54) is 0 Å². The van der Waals surface area contributed by atoms with Crippen molar-refractivity contribution in [1.29, 1.82) is 0 Å². The first-order valence-corrected chi connectivity index (χ1v) is 4.12. The second kappa shape index (κ2) is 2.81. The molecular weight excluding hydrogens is 140 g/mol. The Balaban J connectivity index is 2.47. The number of carbonyl (C=O) groups excluding carboxylic acids is 1. The van der Waals surface area contributed by atoms with Gasteiger partial charge in [-0.1, -0.05) is 13.8 Å². The molecule has 3 N–H and O–H groups in total. The van der Waals surface area contributed by atoms with E-state index in [9.17, 15) is 4.79 Å². The molecule has 0 atom stereocenters. The van der Waals surface area contributed by atoms with Crippen LogP contribution in [-0.2, 0) is 4.79 Å². The van der Waals surface area contributed by atoms with Gasteiger partial charge in [-0.05, 0) is 25.2 Å². The van der Waals surface area contributed by atoms with Gasteiger partial charge in [0.2, 0.25) is 5.91 Å². The highest BCUT2D eigenvalue weighted by Crippen LogP contribution is 2.50. The van der Waals surface area contributed by atoms with Crippen LogP contribution >= 0.6 is 0 Å². The second-order valence-corrected chi connectivity index (χ2v) is 3.85. The molecule has 1 aliphatic rings. The fourth-order valence-corrected chi connectivity index (χ4v) is 1.61. The minimum atomic E-state index is -0.0943. The molecule has 3 heteroatoms. The summed E-state index contributed by atoms with van der Waals surface area (Å²) in [5.74, 6) is 5.67. The number of hydrogen-bond acceptors (Lipinski definition) is 2. The summed E-state index contributed by atoms with van der Waals surface area (Å²) in [5, 5.41) is 0. The molecule has 0 saturated heterocycles. The molecule has 0 aliphatic heterocycles. The average Bonchev–Trinajstić information content (AvgIpc) is 2.67. The summed E-state index contributed by atoms with van der Waals surface area (Å²) in [5.41, 5.74) is 2.14. The van der Waals surface area contributed by atoms with E-state index in [1.54, 1.807) is 0 Å². The number of nitrogens with two attached hydrogens (primary N) is 1. The van der Waals surface area contributed by atoms with E-state index in [1.807, 2.05) is 0 Å². The first-order chi connectivity index (χ1) is 5.10. The maximum absolute atomic E-state index is 11.2. The van der Waals surface area contributed by atoms with Gasteiger partial charge in [0.1, 0.15) is 0 Å². The van der Waals surface area contributed by atoms with Crippen LogP contribution in [0.5, 0.6) is 0 Å². The van der Waals surface area contributed by atoms with Crippen molar-refractivity contribution in [3.8, 4) is 0 Å². The van der Waals surface area contributed by atoms with E-state index >= 15 is 0 Å². The van der Waals surface area contributed by atoms with Crippen molar-refractivity contribution < 1.29 is 4.79 Å². The molecule has 1 rings (SSSR count). The molecule has 1 saturated carbocycles. The Labute approximate surface area is 67.3 Å². The lowest BCUT2D eigenvalue weighted by molar-refractivity contribution is -0.127. The Morgan fingerprint density at radius 1 is 1.64 bits per heavy atom. The largest absolute Gasteiger partial charge is 0.294 e. The summed E-state index contributed by atoms with van der Waals surface area (Å²) >= 11 is 0. The lowest BCUT2D eigenvalue weighted by atomic mass is 9.94. The summed E-state index contributed by atoms with van der Waals surface area (Å²) in [6.45, 7) is 4.26. The molecule has 11 heavy (non-hydrogen) atoms. The maximum atomic E-state index is 11.2. The van der Waals surface area contributed by atoms with Gasteiger partial charge in [-0.2, -0.15) is 0 Å². The van der Waals surface area contributed by atoms with E-state index in [2.05, 4.69) is 19.3 Å². The predicted octanol–water partition coefficient (Wildman–Crippen LogP) is 0.803. The third-order valence-electron chi connectivity index (χ3n) is 2.27. The van der Waals surface area contributed by atoms with E-state index in [0.29, 0.717) is 5.92 Å². The fourth-order valence-electron chi connectivity index (χ4n) is 1.61. The highest BCUT2D eigenvalue weighted by molar-refractivity contribution is 5.84. The monoisotopic (exact) mass is 156 g/mol. The standard InChI is InChI=1S/C8H16N2O/c1-6(2)5-8(3-4-8)7(11)10-9/h6H,3-5,9H2,1-2H3,(H,10,11). The van der Waals surface area contributed by atoms with Gasteiger partial charge >= 0.3 is 0 Å². The van der Waals surface area contributed by atoms with Crippen molar-refractivity contribution in [3.05, 3.63) is 0 Å². The smallest absolute Gasteiger partial charge is 0.240 e. The molecule has 0 aromatic heterocycles. The van der Waals surface area contributed by atoms with Gasteiger partial charge in [0.15, 0.2) is 0 Å². The van der Waals surface area contributed by atoms with Gasteiger partial charge in [0, 0.05) is 0 Å². The van der Waals surface area contributed by atoms with Crippen molar-refractivity contribution in [2.45, 2.75) is 33.1 Å². The van der Waals surface area contributed by atoms with Crippen molar-refractivity contribution in [3.63, 3.8) is 0 Å². The molecule has 0 bridgehead atoms. The molecule has 0 unspecified atom stereocenters. The number of hydrazine groups is 1. The Kier molecular flexibility index (Phi) is 2.18. The Hall–Kier alpha value is -0.570. The fraction of sp³-hybridized carbons (Fsp3) is 0.875. The molecule has 1 amide bonds. The number of carbonyl (C=O) groups is 1. The first kappa shape index (κ1) is 8.53. The number of nitrogens with one attached hydrogen (secondary N) is 1. The highest BCUT2D eigenvalue weighted by atomic mass is 16.2. The molecule has 0 spiro atoms. The van der Waals surface area contributed by atoms with E-state index in [4.69, 9.17) is 5.84 Å². The summed E-state index contributed by atoms with van der Waals surface area (Å²) in [7, 11) is 0. The topological polar surface area (TPSA) is 55.1 Å². The maximum Gasteiger partial charge on any atom is 0.240 e. The van der Waals surface area contributed by atoms with Gasteiger partial charge in [-0.3, -0.25) is 10.2 Å². The predicted molar refractivity (Wildman–Crippen MR) is 43.5 cm³/mol. The van der Waals surface area contributed by atoms with Gasteiger partial charge < -0.3 is 0 Å². The molecule has 0 aromatic rings. The molecular formula is C8H16N2O. The van der Waals surface area contributed by atoms with E-state index in [-0.39, 0.29) is 11.3 Å². The summed E-state index contributed by atoms with van der Waals surface area (Å²) in [6.07, 6.45) is 2.98. The van der Waals surface area contributed by atoms with Gasteiger partial charge in [-0.15, -0.1) is 0 Å². The van der Waals surface area contributed by atoms with Gasteiger partial charge in [-0.25, -0.2) is 5.84 Å². The van der Waals surface area contributed by atoms with Gasteiger partial charge in [0.05, 0.1) is 5.41 Å². The van der Waals surface area contributed by atoms with E-state index in [0.717, 1.165) is 19.3 Å². The third-order valence-corrected chi connectivity index (χ3v) is 2.27. The lowest BCUT2D eigenvalue weighted by Crippen LogP contribution is -2.37. The van der Waals surface area contributed by atoms with Crippen LogP contribution in [0.15, 0.2) is 0 Å². The van der Waals surface area contributed by atoms with Crippen LogP contribution < -0.4 is 11.3 Å². The summed E-state index contributed by atoms with van der Waals surface area (Å²) < 4.78 is 0. The van der Waals surface area contributed by atoms with Crippen LogP contribution in [0.4, 0.5) is 0 Å². The number of hydrogen-bond donors (Lipinski definition) is 2. The molecule has 3 nitrogen and oxygen atoms in total. The Bertz CT molecular complexity index is 161.